The lowest BCUT2D eigenvalue weighted by atomic mass is 9.66. The molecule has 1 aliphatic rings. The van der Waals surface area contributed by atoms with E-state index in [1.807, 2.05) is 0 Å². The van der Waals surface area contributed by atoms with Crippen molar-refractivity contribution in [1.29, 1.82) is 0 Å². The van der Waals surface area contributed by atoms with Crippen LogP contribution in [-0.2, 0) is 10.8 Å². The molecule has 2 heteroatoms. The van der Waals surface area contributed by atoms with E-state index in [-0.39, 0.29) is 5.41 Å². The third-order valence-electron chi connectivity index (χ3n) is 13.0. The summed E-state index contributed by atoms with van der Waals surface area (Å²) >= 11 is 0. The summed E-state index contributed by atoms with van der Waals surface area (Å²) in [6.45, 7) is 6.83. The van der Waals surface area contributed by atoms with Crippen LogP contribution in [0.15, 0.2) is 237 Å². The lowest BCUT2D eigenvalue weighted by molar-refractivity contribution is 0.590. The van der Waals surface area contributed by atoms with Crippen molar-refractivity contribution in [2.45, 2.75) is 31.6 Å². The van der Waals surface area contributed by atoms with Crippen LogP contribution in [0.4, 0.5) is 34.1 Å². The van der Waals surface area contributed by atoms with Gasteiger partial charge in [0.25, 0.3) is 0 Å². The number of nitrogens with zero attached hydrogens (tertiary/aromatic N) is 2. The fourth-order valence-electron chi connectivity index (χ4n) is 10.2. The van der Waals surface area contributed by atoms with E-state index in [1.54, 1.807) is 0 Å². The maximum absolute atomic E-state index is 2.49. The molecule has 0 atom stereocenters. The van der Waals surface area contributed by atoms with E-state index in [9.17, 15) is 0 Å². The highest BCUT2D eigenvalue weighted by molar-refractivity contribution is 6.20. The summed E-state index contributed by atoms with van der Waals surface area (Å²) < 4.78 is 0. The minimum Gasteiger partial charge on any atom is -0.310 e. The Morgan fingerprint density at radius 1 is 0.333 bits per heavy atom. The third kappa shape index (κ3) is 6.33. The molecule has 0 unspecified atom stereocenters. The molecular formula is C61H48N2. The molecule has 2 nitrogen and oxygen atoms in total. The van der Waals surface area contributed by atoms with Crippen LogP contribution in [0.5, 0.6) is 0 Å². The fourth-order valence-corrected chi connectivity index (χ4v) is 10.2. The average Bonchev–Trinajstić information content (AvgIpc) is 3.65. The summed E-state index contributed by atoms with van der Waals surface area (Å²) in [4.78, 5) is 4.79. The summed E-state index contributed by atoms with van der Waals surface area (Å²) in [5.74, 6) is 0. The Kier molecular flexibility index (Phi) is 9.32. The van der Waals surface area contributed by atoms with Crippen LogP contribution in [0.2, 0.25) is 0 Å². The van der Waals surface area contributed by atoms with Gasteiger partial charge in [-0.2, -0.15) is 0 Å². The SMILES string of the molecule is CC(C)(C)c1ccc(N(c2ccccc2)c2ccc3c(c2)C(c2ccccc2)(c2ccccc2)c2c-3c3ccccc3c3cc(N(c4ccccc4)c4ccccc4)ccc23)cc1. The van der Waals surface area contributed by atoms with Crippen molar-refractivity contribution in [3.63, 3.8) is 0 Å². The summed E-state index contributed by atoms with van der Waals surface area (Å²) in [5.41, 5.74) is 15.1. The Morgan fingerprint density at radius 2 is 0.746 bits per heavy atom. The van der Waals surface area contributed by atoms with Crippen LogP contribution >= 0.6 is 0 Å². The van der Waals surface area contributed by atoms with Crippen LogP contribution in [0.1, 0.15) is 48.6 Å². The maximum Gasteiger partial charge on any atom is 0.0720 e. The molecule has 0 spiro atoms. The van der Waals surface area contributed by atoms with Gasteiger partial charge in [0.2, 0.25) is 0 Å². The van der Waals surface area contributed by atoms with E-state index in [0.717, 1.165) is 34.1 Å². The van der Waals surface area contributed by atoms with Crippen LogP contribution in [-0.4, -0.2) is 0 Å². The van der Waals surface area contributed by atoms with Gasteiger partial charge in [0.15, 0.2) is 0 Å². The van der Waals surface area contributed by atoms with Gasteiger partial charge in [-0.3, -0.25) is 0 Å². The Morgan fingerprint density at radius 3 is 1.25 bits per heavy atom. The van der Waals surface area contributed by atoms with Gasteiger partial charge < -0.3 is 9.80 Å². The van der Waals surface area contributed by atoms with E-state index in [1.165, 1.54) is 60.5 Å². The monoisotopic (exact) mass is 808 g/mol. The van der Waals surface area contributed by atoms with Crippen LogP contribution in [0.3, 0.4) is 0 Å². The van der Waals surface area contributed by atoms with Gasteiger partial charge in [0.05, 0.1) is 5.41 Å². The average molecular weight is 809 g/mol. The zero-order chi connectivity index (χ0) is 42.5. The van der Waals surface area contributed by atoms with Crippen molar-refractivity contribution in [2.24, 2.45) is 0 Å². The number of fused-ring (bicyclic) bond motifs is 8. The quantitative estimate of drug-likeness (QED) is 0.141. The first-order valence-electron chi connectivity index (χ1n) is 22.0. The van der Waals surface area contributed by atoms with Crippen molar-refractivity contribution < 1.29 is 0 Å². The Bertz CT molecular complexity index is 3150. The summed E-state index contributed by atoms with van der Waals surface area (Å²) in [6.07, 6.45) is 0. The minimum atomic E-state index is -0.649. The van der Waals surface area contributed by atoms with Gasteiger partial charge >= 0.3 is 0 Å². The largest absolute Gasteiger partial charge is 0.310 e. The molecule has 0 radical (unpaired) electrons. The highest BCUT2D eigenvalue weighted by atomic mass is 15.1. The van der Waals surface area contributed by atoms with Gasteiger partial charge in [-0.25, -0.2) is 0 Å². The number of rotatable bonds is 8. The Hall–Kier alpha value is -7.68. The van der Waals surface area contributed by atoms with Gasteiger partial charge in [0.1, 0.15) is 0 Å². The van der Waals surface area contributed by atoms with Gasteiger partial charge in [-0.15, -0.1) is 0 Å². The second-order valence-corrected chi connectivity index (χ2v) is 17.7. The topological polar surface area (TPSA) is 6.48 Å². The fraction of sp³-hybridized carbons (Fsp3) is 0.0820. The zero-order valence-corrected chi connectivity index (χ0v) is 35.9. The normalized spacial score (nSPS) is 12.8. The van der Waals surface area contributed by atoms with Crippen molar-refractivity contribution in [3.05, 3.63) is 264 Å². The predicted octanol–water partition coefficient (Wildman–Crippen LogP) is 16.6. The first-order valence-corrected chi connectivity index (χ1v) is 22.0. The second-order valence-electron chi connectivity index (χ2n) is 17.7. The van der Waals surface area contributed by atoms with Crippen molar-refractivity contribution in [3.8, 4) is 11.1 Å². The molecule has 0 saturated heterocycles. The van der Waals surface area contributed by atoms with E-state index in [2.05, 4.69) is 267 Å². The molecule has 0 N–H and O–H groups in total. The number of benzene rings is 10. The molecule has 0 bridgehead atoms. The minimum absolute atomic E-state index is 0.0497. The lowest BCUT2D eigenvalue weighted by Gasteiger charge is -2.36. The summed E-state index contributed by atoms with van der Waals surface area (Å²) in [5, 5.41) is 4.97. The van der Waals surface area contributed by atoms with Crippen molar-refractivity contribution in [1.82, 2.24) is 0 Å². The van der Waals surface area contributed by atoms with E-state index >= 15 is 0 Å². The third-order valence-corrected chi connectivity index (χ3v) is 13.0. The molecule has 0 aliphatic heterocycles. The second kappa shape index (κ2) is 15.3. The molecule has 0 saturated carbocycles. The molecule has 11 rings (SSSR count). The van der Waals surface area contributed by atoms with Gasteiger partial charge in [0, 0.05) is 34.1 Å². The van der Waals surface area contributed by atoms with E-state index < -0.39 is 5.41 Å². The summed E-state index contributed by atoms with van der Waals surface area (Å²) in [7, 11) is 0. The summed E-state index contributed by atoms with van der Waals surface area (Å²) in [6, 6.07) is 87.2. The Balaban J connectivity index is 1.23. The highest BCUT2D eigenvalue weighted by Crippen LogP contribution is 2.61. The van der Waals surface area contributed by atoms with E-state index in [0.29, 0.717) is 0 Å². The van der Waals surface area contributed by atoms with Crippen LogP contribution in [0.25, 0.3) is 32.7 Å². The van der Waals surface area contributed by atoms with Crippen LogP contribution < -0.4 is 9.80 Å². The van der Waals surface area contributed by atoms with Crippen LogP contribution in [0, 0.1) is 0 Å². The molecule has 0 amide bonds. The number of hydrogen-bond acceptors (Lipinski definition) is 2. The molecular weight excluding hydrogens is 761 g/mol. The van der Waals surface area contributed by atoms with Gasteiger partial charge in [-0.05, 0) is 139 Å². The molecule has 63 heavy (non-hydrogen) atoms. The van der Waals surface area contributed by atoms with E-state index in [4.69, 9.17) is 0 Å². The standard InChI is InChI=1S/C61H48N2/c1-60(2,3)43-33-35-49(36-34-43)63(48-29-17-8-18-30-48)51-38-40-55-57(42-51)61(44-21-9-4-10-22-44,45-23-11-5-12-24-45)59-54-39-37-50(41-56(54)52-31-19-20-32-53(52)58(55)59)62(46-25-13-6-14-26-46)47-27-15-7-16-28-47/h4-42H,1-3H3. The first-order chi connectivity index (χ1) is 30.9. The lowest BCUT2D eigenvalue weighted by Crippen LogP contribution is -2.29. The van der Waals surface area contributed by atoms with Crippen molar-refractivity contribution in [2.75, 3.05) is 9.80 Å². The number of para-hydroxylation sites is 3. The molecule has 0 heterocycles. The smallest absolute Gasteiger partial charge is 0.0720 e. The number of anilines is 6. The molecule has 0 fully saturated rings. The molecule has 302 valence electrons. The predicted molar refractivity (Wildman–Crippen MR) is 267 cm³/mol. The molecule has 10 aromatic carbocycles. The highest BCUT2D eigenvalue weighted by Gasteiger charge is 2.48. The maximum atomic E-state index is 2.49. The van der Waals surface area contributed by atoms with Crippen molar-refractivity contribution >= 4 is 55.7 Å². The zero-order valence-electron chi connectivity index (χ0n) is 35.9. The Labute approximate surface area is 371 Å². The van der Waals surface area contributed by atoms with Gasteiger partial charge in [-0.1, -0.05) is 185 Å². The molecule has 10 aromatic rings. The number of hydrogen-bond donors (Lipinski definition) is 0. The first kappa shape index (κ1) is 38.3. The molecule has 0 aromatic heterocycles. The molecule has 1 aliphatic carbocycles.